The Morgan fingerprint density at radius 2 is 2.05 bits per heavy atom. The van der Waals surface area contributed by atoms with Crippen molar-refractivity contribution in [2.24, 2.45) is 11.7 Å². The Morgan fingerprint density at radius 3 is 2.63 bits per heavy atom. The lowest BCUT2D eigenvalue weighted by atomic mass is 9.84. The molecule has 0 spiro atoms. The van der Waals surface area contributed by atoms with Crippen LogP contribution in [0, 0.1) is 5.92 Å². The Morgan fingerprint density at radius 1 is 1.37 bits per heavy atom. The lowest BCUT2D eigenvalue weighted by Crippen LogP contribution is -2.27. The van der Waals surface area contributed by atoms with Crippen LogP contribution < -0.4 is 11.1 Å². The zero-order chi connectivity index (χ0) is 13.8. The summed E-state index contributed by atoms with van der Waals surface area (Å²) >= 11 is 11.2. The summed E-state index contributed by atoms with van der Waals surface area (Å²) in [6, 6.07) is 6.17. The summed E-state index contributed by atoms with van der Waals surface area (Å²) in [7, 11) is 0. The first-order valence-corrected chi connectivity index (χ1v) is 7.72. The molecular weight excluding hydrogens is 276 g/mol. The Balaban J connectivity index is 2.03. The van der Waals surface area contributed by atoms with Gasteiger partial charge in [0.2, 0.25) is 0 Å². The molecule has 4 heteroatoms. The maximum absolute atomic E-state index is 6.28. The molecule has 1 aromatic rings. The zero-order valence-corrected chi connectivity index (χ0v) is 12.9. The number of nitrogens with one attached hydrogen (secondary N) is 1. The molecule has 0 radical (unpaired) electrons. The minimum atomic E-state index is 0.383. The van der Waals surface area contributed by atoms with Gasteiger partial charge in [-0.3, -0.25) is 0 Å². The van der Waals surface area contributed by atoms with Crippen LogP contribution in [0.3, 0.4) is 0 Å². The van der Waals surface area contributed by atoms with Crippen molar-refractivity contribution in [3.05, 3.63) is 28.8 Å². The van der Waals surface area contributed by atoms with Crippen LogP contribution in [-0.2, 0) is 0 Å². The molecule has 104 valence electrons. The molecule has 0 aromatic heterocycles. The Kier molecular flexibility index (Phi) is 5.06. The van der Waals surface area contributed by atoms with Gasteiger partial charge in [-0.05, 0) is 43.9 Å². The standard InChI is InChI=1S/C15H21ClN2S/c1-10(11-5-3-2-4-6-11)18-14-8-7-12(15(17)19)9-13(14)16/h7-11,18H,2-6H2,1H3,(H2,17,19). The van der Waals surface area contributed by atoms with Crippen molar-refractivity contribution < 1.29 is 0 Å². The molecule has 1 saturated carbocycles. The van der Waals surface area contributed by atoms with Crippen LogP contribution in [0.15, 0.2) is 18.2 Å². The number of halogens is 1. The van der Waals surface area contributed by atoms with Crippen LogP contribution >= 0.6 is 23.8 Å². The monoisotopic (exact) mass is 296 g/mol. The van der Waals surface area contributed by atoms with Crippen molar-refractivity contribution in [1.29, 1.82) is 0 Å². The minimum absolute atomic E-state index is 0.383. The second-order valence-corrected chi connectivity index (χ2v) is 6.24. The third-order valence-corrected chi connectivity index (χ3v) is 4.54. The third kappa shape index (κ3) is 3.83. The van der Waals surface area contributed by atoms with E-state index in [0.717, 1.165) is 17.2 Å². The van der Waals surface area contributed by atoms with E-state index in [1.807, 2.05) is 18.2 Å². The SMILES string of the molecule is CC(Nc1ccc(C(N)=S)cc1Cl)C1CCCCC1. The zero-order valence-electron chi connectivity index (χ0n) is 11.3. The number of nitrogens with two attached hydrogens (primary N) is 1. The smallest absolute Gasteiger partial charge is 0.104 e. The normalized spacial score (nSPS) is 18.0. The lowest BCUT2D eigenvalue weighted by Gasteiger charge is -2.29. The molecule has 0 saturated heterocycles. The predicted octanol–water partition coefficient (Wildman–Crippen LogP) is 4.35. The molecule has 1 aliphatic rings. The van der Waals surface area contributed by atoms with Gasteiger partial charge in [0.25, 0.3) is 0 Å². The molecule has 19 heavy (non-hydrogen) atoms. The maximum Gasteiger partial charge on any atom is 0.104 e. The second-order valence-electron chi connectivity index (χ2n) is 5.39. The highest BCUT2D eigenvalue weighted by Crippen LogP contribution is 2.30. The molecule has 0 bridgehead atoms. The third-order valence-electron chi connectivity index (χ3n) is 3.99. The van der Waals surface area contributed by atoms with Gasteiger partial charge in [-0.2, -0.15) is 0 Å². The number of rotatable bonds is 4. The average Bonchev–Trinajstić information content (AvgIpc) is 2.41. The van der Waals surface area contributed by atoms with E-state index in [1.165, 1.54) is 32.1 Å². The topological polar surface area (TPSA) is 38.0 Å². The van der Waals surface area contributed by atoms with Gasteiger partial charge >= 0.3 is 0 Å². The Bertz CT molecular complexity index is 455. The summed E-state index contributed by atoms with van der Waals surface area (Å²) in [6.07, 6.45) is 6.72. The second kappa shape index (κ2) is 6.58. The number of benzene rings is 1. The highest BCUT2D eigenvalue weighted by Gasteiger charge is 2.20. The van der Waals surface area contributed by atoms with E-state index in [0.29, 0.717) is 16.1 Å². The molecule has 2 rings (SSSR count). The van der Waals surface area contributed by atoms with E-state index >= 15 is 0 Å². The molecule has 1 atom stereocenters. The number of thiocarbonyl (C=S) groups is 1. The van der Waals surface area contributed by atoms with E-state index in [2.05, 4.69) is 12.2 Å². The molecule has 0 heterocycles. The molecule has 3 N–H and O–H groups in total. The summed E-state index contributed by atoms with van der Waals surface area (Å²) < 4.78 is 0. The van der Waals surface area contributed by atoms with Gasteiger partial charge in [0.15, 0.2) is 0 Å². The average molecular weight is 297 g/mol. The van der Waals surface area contributed by atoms with Gasteiger partial charge < -0.3 is 11.1 Å². The summed E-state index contributed by atoms with van der Waals surface area (Å²) in [6.45, 7) is 2.24. The van der Waals surface area contributed by atoms with Crippen molar-refractivity contribution in [2.45, 2.75) is 45.1 Å². The fraction of sp³-hybridized carbons (Fsp3) is 0.533. The molecule has 1 aliphatic carbocycles. The number of anilines is 1. The van der Waals surface area contributed by atoms with Crippen molar-refractivity contribution in [3.63, 3.8) is 0 Å². The molecule has 1 aromatic carbocycles. The van der Waals surface area contributed by atoms with Crippen molar-refractivity contribution in [3.8, 4) is 0 Å². The van der Waals surface area contributed by atoms with Gasteiger partial charge in [0.05, 0.1) is 10.7 Å². The first-order valence-electron chi connectivity index (χ1n) is 6.94. The molecule has 1 unspecified atom stereocenters. The van der Waals surface area contributed by atoms with Crippen LogP contribution in [0.5, 0.6) is 0 Å². The number of hydrogen-bond acceptors (Lipinski definition) is 2. The van der Waals surface area contributed by atoms with Crippen molar-refractivity contribution >= 4 is 34.5 Å². The first kappa shape index (κ1) is 14.6. The maximum atomic E-state index is 6.28. The summed E-state index contributed by atoms with van der Waals surface area (Å²) in [4.78, 5) is 0.383. The van der Waals surface area contributed by atoms with Gasteiger partial charge in [0, 0.05) is 11.6 Å². The minimum Gasteiger partial charge on any atom is -0.389 e. The molecule has 0 aliphatic heterocycles. The fourth-order valence-corrected chi connectivity index (χ4v) is 3.14. The summed E-state index contributed by atoms with van der Waals surface area (Å²) in [5.41, 5.74) is 7.39. The summed E-state index contributed by atoms with van der Waals surface area (Å²) in [5, 5.41) is 4.22. The van der Waals surface area contributed by atoms with Gasteiger partial charge in [0.1, 0.15) is 4.99 Å². The first-order chi connectivity index (χ1) is 9.08. The van der Waals surface area contributed by atoms with E-state index in [-0.39, 0.29) is 0 Å². The van der Waals surface area contributed by atoms with Crippen molar-refractivity contribution in [2.75, 3.05) is 5.32 Å². The van der Waals surface area contributed by atoms with Crippen LogP contribution in [0.2, 0.25) is 5.02 Å². The predicted molar refractivity (Wildman–Crippen MR) is 87.0 cm³/mol. The van der Waals surface area contributed by atoms with Gasteiger partial charge in [-0.15, -0.1) is 0 Å². The van der Waals surface area contributed by atoms with E-state index < -0.39 is 0 Å². The lowest BCUT2D eigenvalue weighted by molar-refractivity contribution is 0.328. The Hall–Kier alpha value is -0.800. The van der Waals surface area contributed by atoms with E-state index in [4.69, 9.17) is 29.6 Å². The quantitative estimate of drug-likeness (QED) is 0.811. The molecular formula is C15H21ClN2S. The fourth-order valence-electron chi connectivity index (χ4n) is 2.78. The number of hydrogen-bond donors (Lipinski definition) is 2. The van der Waals surface area contributed by atoms with Crippen LogP contribution in [-0.4, -0.2) is 11.0 Å². The molecule has 0 amide bonds. The van der Waals surface area contributed by atoms with Crippen LogP contribution in [0.4, 0.5) is 5.69 Å². The van der Waals surface area contributed by atoms with Gasteiger partial charge in [-0.25, -0.2) is 0 Å². The van der Waals surface area contributed by atoms with Crippen molar-refractivity contribution in [1.82, 2.24) is 0 Å². The molecule has 1 fully saturated rings. The Labute approximate surface area is 125 Å². The van der Waals surface area contributed by atoms with Crippen LogP contribution in [0.1, 0.15) is 44.6 Å². The van der Waals surface area contributed by atoms with E-state index in [1.54, 1.807) is 0 Å². The highest BCUT2D eigenvalue weighted by molar-refractivity contribution is 7.80. The van der Waals surface area contributed by atoms with Gasteiger partial charge in [-0.1, -0.05) is 43.1 Å². The molecule has 2 nitrogen and oxygen atoms in total. The van der Waals surface area contributed by atoms with Crippen LogP contribution in [0.25, 0.3) is 0 Å². The summed E-state index contributed by atoms with van der Waals surface area (Å²) in [5.74, 6) is 0.750. The highest BCUT2D eigenvalue weighted by atomic mass is 35.5. The van der Waals surface area contributed by atoms with E-state index in [9.17, 15) is 0 Å². The largest absolute Gasteiger partial charge is 0.389 e.